The third-order valence-electron chi connectivity index (χ3n) is 4.60. The third-order valence-corrected chi connectivity index (χ3v) is 5.61. The zero-order chi connectivity index (χ0) is 13.8. The minimum Gasteiger partial charge on any atom is -0.314 e. The number of hydrogen-bond acceptors (Lipinski definition) is 2. The summed E-state index contributed by atoms with van der Waals surface area (Å²) in [6.07, 6.45) is 8.22. The minimum atomic E-state index is 0.748. The molecule has 0 amide bonds. The summed E-state index contributed by atoms with van der Waals surface area (Å²) >= 11 is 1.90. The first kappa shape index (κ1) is 14.1. The Kier molecular flexibility index (Phi) is 4.74. The molecule has 1 N–H and O–H groups in total. The highest BCUT2D eigenvalue weighted by Crippen LogP contribution is 2.32. The molecule has 1 nitrogen and oxygen atoms in total. The molecule has 1 fully saturated rings. The second-order valence-electron chi connectivity index (χ2n) is 6.10. The van der Waals surface area contributed by atoms with E-state index in [0.717, 1.165) is 18.5 Å². The van der Waals surface area contributed by atoms with Gasteiger partial charge < -0.3 is 5.32 Å². The van der Waals surface area contributed by atoms with Crippen LogP contribution >= 0.6 is 11.3 Å². The second-order valence-corrected chi connectivity index (χ2v) is 7.01. The molecule has 2 aromatic rings. The third kappa shape index (κ3) is 3.24. The van der Waals surface area contributed by atoms with Gasteiger partial charge in [-0.15, -0.1) is 11.3 Å². The van der Waals surface area contributed by atoms with Gasteiger partial charge in [0.2, 0.25) is 0 Å². The van der Waals surface area contributed by atoms with Crippen molar-refractivity contribution < 1.29 is 0 Å². The van der Waals surface area contributed by atoms with Crippen molar-refractivity contribution in [2.24, 2.45) is 5.92 Å². The summed E-state index contributed by atoms with van der Waals surface area (Å²) in [6, 6.07) is 9.61. The molecule has 2 heteroatoms. The van der Waals surface area contributed by atoms with E-state index >= 15 is 0 Å². The SMILES string of the molecule is CCNC1CCCCC(Cc2csc3ccccc23)C1. The van der Waals surface area contributed by atoms with Crippen molar-refractivity contribution in [1.29, 1.82) is 0 Å². The number of rotatable bonds is 4. The fourth-order valence-electron chi connectivity index (χ4n) is 3.62. The molecule has 2 unspecified atom stereocenters. The maximum absolute atomic E-state index is 3.67. The Labute approximate surface area is 126 Å². The molecule has 1 aromatic heterocycles. The van der Waals surface area contributed by atoms with Gasteiger partial charge >= 0.3 is 0 Å². The average molecular weight is 287 g/mol. The molecule has 1 saturated carbocycles. The number of benzene rings is 1. The Morgan fingerprint density at radius 2 is 2.05 bits per heavy atom. The van der Waals surface area contributed by atoms with Gasteiger partial charge in [0, 0.05) is 10.7 Å². The molecule has 0 bridgehead atoms. The van der Waals surface area contributed by atoms with Gasteiger partial charge in [-0.25, -0.2) is 0 Å². The Bertz CT molecular complexity index is 545. The highest BCUT2D eigenvalue weighted by atomic mass is 32.1. The van der Waals surface area contributed by atoms with E-state index in [2.05, 4.69) is 41.9 Å². The molecular formula is C18H25NS. The Morgan fingerprint density at radius 1 is 1.20 bits per heavy atom. The van der Waals surface area contributed by atoms with E-state index in [0.29, 0.717) is 0 Å². The van der Waals surface area contributed by atoms with E-state index < -0.39 is 0 Å². The topological polar surface area (TPSA) is 12.0 Å². The van der Waals surface area contributed by atoms with Crippen LogP contribution in [0.3, 0.4) is 0 Å². The number of hydrogen-bond donors (Lipinski definition) is 1. The van der Waals surface area contributed by atoms with Gasteiger partial charge in [-0.2, -0.15) is 0 Å². The van der Waals surface area contributed by atoms with Crippen LogP contribution < -0.4 is 5.32 Å². The zero-order valence-electron chi connectivity index (χ0n) is 12.4. The molecule has 0 aliphatic heterocycles. The van der Waals surface area contributed by atoms with Gasteiger partial charge in [0.05, 0.1) is 0 Å². The molecule has 0 radical (unpaired) electrons. The summed E-state index contributed by atoms with van der Waals surface area (Å²) in [6.45, 7) is 3.34. The lowest BCUT2D eigenvalue weighted by molar-refractivity contribution is 0.390. The normalized spacial score (nSPS) is 23.9. The van der Waals surface area contributed by atoms with Crippen molar-refractivity contribution in [3.05, 3.63) is 35.2 Å². The van der Waals surface area contributed by atoms with E-state index in [4.69, 9.17) is 0 Å². The van der Waals surface area contributed by atoms with E-state index in [-0.39, 0.29) is 0 Å². The lowest BCUT2D eigenvalue weighted by Crippen LogP contribution is -2.30. The largest absolute Gasteiger partial charge is 0.314 e. The summed E-state index contributed by atoms with van der Waals surface area (Å²) < 4.78 is 1.44. The van der Waals surface area contributed by atoms with Crippen molar-refractivity contribution >= 4 is 21.4 Å². The first-order valence-corrected chi connectivity index (χ1v) is 8.93. The lowest BCUT2D eigenvalue weighted by Gasteiger charge is -2.20. The van der Waals surface area contributed by atoms with Gasteiger partial charge in [0.15, 0.2) is 0 Å². The molecule has 1 heterocycles. The molecule has 1 aliphatic carbocycles. The van der Waals surface area contributed by atoms with Crippen LogP contribution in [-0.4, -0.2) is 12.6 Å². The summed E-state index contributed by atoms with van der Waals surface area (Å²) in [5.41, 5.74) is 1.58. The first-order valence-electron chi connectivity index (χ1n) is 8.05. The molecule has 1 aliphatic rings. The smallest absolute Gasteiger partial charge is 0.0345 e. The lowest BCUT2D eigenvalue weighted by atomic mass is 9.91. The summed E-state index contributed by atoms with van der Waals surface area (Å²) in [7, 11) is 0. The van der Waals surface area contributed by atoms with Crippen LogP contribution in [0.2, 0.25) is 0 Å². The van der Waals surface area contributed by atoms with Crippen LogP contribution in [-0.2, 0) is 6.42 Å². The van der Waals surface area contributed by atoms with E-state index in [1.807, 2.05) is 11.3 Å². The monoisotopic (exact) mass is 287 g/mol. The zero-order valence-corrected chi connectivity index (χ0v) is 13.2. The van der Waals surface area contributed by atoms with Crippen LogP contribution in [0.4, 0.5) is 0 Å². The van der Waals surface area contributed by atoms with Gasteiger partial charge in [-0.3, -0.25) is 0 Å². The Balaban J connectivity index is 1.72. The summed E-state index contributed by atoms with van der Waals surface area (Å²) in [4.78, 5) is 0. The molecule has 1 aromatic carbocycles. The Hall–Kier alpha value is -0.860. The molecule has 2 atom stereocenters. The van der Waals surface area contributed by atoms with E-state index in [9.17, 15) is 0 Å². The highest BCUT2D eigenvalue weighted by molar-refractivity contribution is 7.17. The number of fused-ring (bicyclic) bond motifs is 1. The second kappa shape index (κ2) is 6.73. The molecule has 3 rings (SSSR count). The molecular weight excluding hydrogens is 262 g/mol. The predicted octanol–water partition coefficient (Wildman–Crippen LogP) is 5.00. The number of nitrogens with one attached hydrogen (secondary N) is 1. The standard InChI is InChI=1S/C18H25NS/c1-2-19-16-8-4-3-7-14(12-16)11-15-13-20-18-10-6-5-9-17(15)18/h5-6,9-10,13-14,16,19H,2-4,7-8,11-12H2,1H3. The van der Waals surface area contributed by atoms with Crippen molar-refractivity contribution in [3.8, 4) is 0 Å². The molecule has 20 heavy (non-hydrogen) atoms. The van der Waals surface area contributed by atoms with Crippen LogP contribution in [0.25, 0.3) is 10.1 Å². The maximum atomic E-state index is 3.67. The minimum absolute atomic E-state index is 0.748. The van der Waals surface area contributed by atoms with E-state index in [1.54, 1.807) is 5.56 Å². The van der Waals surface area contributed by atoms with Crippen LogP contribution in [0.1, 0.15) is 44.6 Å². The van der Waals surface area contributed by atoms with Gasteiger partial charge in [0.1, 0.15) is 0 Å². The Morgan fingerprint density at radius 3 is 2.95 bits per heavy atom. The van der Waals surface area contributed by atoms with Crippen LogP contribution in [0.5, 0.6) is 0 Å². The summed E-state index contributed by atoms with van der Waals surface area (Å²) in [5, 5.41) is 7.55. The van der Waals surface area contributed by atoms with E-state index in [1.165, 1.54) is 48.6 Å². The van der Waals surface area contributed by atoms with Crippen molar-refractivity contribution in [2.75, 3.05) is 6.54 Å². The maximum Gasteiger partial charge on any atom is 0.0345 e. The van der Waals surface area contributed by atoms with Gasteiger partial charge in [-0.1, -0.05) is 44.4 Å². The van der Waals surface area contributed by atoms with Crippen molar-refractivity contribution in [3.63, 3.8) is 0 Å². The highest BCUT2D eigenvalue weighted by Gasteiger charge is 2.20. The van der Waals surface area contributed by atoms with Gasteiger partial charge in [-0.05, 0) is 54.1 Å². The number of thiophene rings is 1. The molecule has 108 valence electrons. The summed E-state index contributed by atoms with van der Waals surface area (Å²) in [5.74, 6) is 0.861. The van der Waals surface area contributed by atoms with Crippen LogP contribution in [0, 0.1) is 5.92 Å². The first-order chi connectivity index (χ1) is 9.86. The molecule has 0 saturated heterocycles. The predicted molar refractivity (Wildman–Crippen MR) is 89.6 cm³/mol. The quantitative estimate of drug-likeness (QED) is 0.780. The fraction of sp³-hybridized carbons (Fsp3) is 0.556. The molecule has 0 spiro atoms. The average Bonchev–Trinajstić information content (AvgIpc) is 2.73. The van der Waals surface area contributed by atoms with Crippen molar-refractivity contribution in [2.45, 2.75) is 51.5 Å². The van der Waals surface area contributed by atoms with Crippen molar-refractivity contribution in [1.82, 2.24) is 5.32 Å². The van der Waals surface area contributed by atoms with Gasteiger partial charge in [0.25, 0.3) is 0 Å². The van der Waals surface area contributed by atoms with Crippen LogP contribution in [0.15, 0.2) is 29.6 Å². The fourth-order valence-corrected chi connectivity index (χ4v) is 4.60.